The van der Waals surface area contributed by atoms with Crippen LogP contribution in [0.25, 0.3) is 0 Å². The van der Waals surface area contributed by atoms with Crippen molar-refractivity contribution >= 4 is 5.91 Å². The van der Waals surface area contributed by atoms with Crippen LogP contribution in [0.3, 0.4) is 0 Å². The first-order chi connectivity index (χ1) is 13.1. The van der Waals surface area contributed by atoms with Crippen molar-refractivity contribution in [1.82, 2.24) is 15.1 Å². The van der Waals surface area contributed by atoms with Crippen molar-refractivity contribution in [1.29, 1.82) is 5.26 Å². The van der Waals surface area contributed by atoms with Crippen molar-refractivity contribution in [2.45, 2.75) is 26.1 Å². The van der Waals surface area contributed by atoms with Gasteiger partial charge in [0.25, 0.3) is 5.91 Å². The molecule has 0 spiro atoms. The number of carbonyl (C=O) groups excluding carboxylic acids is 1. The van der Waals surface area contributed by atoms with Crippen LogP contribution in [0.4, 0.5) is 0 Å². The van der Waals surface area contributed by atoms with Gasteiger partial charge in [-0.25, -0.2) is 0 Å². The van der Waals surface area contributed by atoms with Crippen molar-refractivity contribution < 1.29 is 9.53 Å². The first kappa shape index (κ1) is 18.2. The van der Waals surface area contributed by atoms with Crippen LogP contribution in [-0.4, -0.2) is 21.8 Å². The van der Waals surface area contributed by atoms with Gasteiger partial charge in [-0.15, -0.1) is 0 Å². The Morgan fingerprint density at radius 3 is 2.52 bits per heavy atom. The second-order valence-electron chi connectivity index (χ2n) is 6.13. The summed E-state index contributed by atoms with van der Waals surface area (Å²) in [5.41, 5.74) is 2.71. The van der Waals surface area contributed by atoms with E-state index in [9.17, 15) is 4.79 Å². The molecule has 6 heteroatoms. The molecule has 0 aliphatic heterocycles. The molecule has 1 aromatic heterocycles. The number of rotatable bonds is 7. The summed E-state index contributed by atoms with van der Waals surface area (Å²) in [4.78, 5) is 12.2. The number of benzene rings is 2. The molecular weight excluding hydrogens is 340 g/mol. The molecule has 0 radical (unpaired) electrons. The molecule has 1 amide bonds. The lowest BCUT2D eigenvalue weighted by atomic mass is 10.1. The molecule has 1 N–H and O–H groups in total. The van der Waals surface area contributed by atoms with Crippen LogP contribution < -0.4 is 10.1 Å². The van der Waals surface area contributed by atoms with Crippen LogP contribution in [0.2, 0.25) is 0 Å². The SMILES string of the molecule is CC(Oc1ccc(C#N)cc1)C(=O)NCc1ccc(Cn2cccn2)cc1. The minimum absolute atomic E-state index is 0.194. The molecule has 3 rings (SSSR count). The van der Waals surface area contributed by atoms with Gasteiger partial charge in [0.15, 0.2) is 6.10 Å². The van der Waals surface area contributed by atoms with E-state index in [2.05, 4.69) is 10.4 Å². The van der Waals surface area contributed by atoms with E-state index in [1.54, 1.807) is 37.4 Å². The maximum Gasteiger partial charge on any atom is 0.261 e. The Labute approximate surface area is 158 Å². The Morgan fingerprint density at radius 2 is 1.89 bits per heavy atom. The third-order valence-corrected chi connectivity index (χ3v) is 4.06. The fourth-order valence-electron chi connectivity index (χ4n) is 2.54. The number of amides is 1. The molecule has 3 aromatic rings. The quantitative estimate of drug-likeness (QED) is 0.703. The van der Waals surface area contributed by atoms with Crippen LogP contribution in [0.15, 0.2) is 67.0 Å². The first-order valence-corrected chi connectivity index (χ1v) is 8.64. The average Bonchev–Trinajstić information content (AvgIpc) is 3.21. The molecule has 1 unspecified atom stereocenters. The monoisotopic (exact) mass is 360 g/mol. The van der Waals surface area contributed by atoms with Crippen LogP contribution in [0, 0.1) is 11.3 Å². The highest BCUT2D eigenvalue weighted by Gasteiger charge is 2.14. The molecule has 0 aliphatic carbocycles. The van der Waals surface area contributed by atoms with Gasteiger partial charge in [-0.1, -0.05) is 24.3 Å². The standard InChI is InChI=1S/C21H20N4O2/c1-16(27-20-9-7-17(13-22)8-10-20)21(26)23-14-18-3-5-19(6-4-18)15-25-12-2-11-24-25/h2-12,16H,14-15H2,1H3,(H,23,26). The lowest BCUT2D eigenvalue weighted by molar-refractivity contribution is -0.127. The van der Waals surface area contributed by atoms with Crippen molar-refractivity contribution in [2.75, 3.05) is 0 Å². The van der Waals surface area contributed by atoms with Crippen LogP contribution >= 0.6 is 0 Å². The van der Waals surface area contributed by atoms with Gasteiger partial charge in [0.1, 0.15) is 5.75 Å². The van der Waals surface area contributed by atoms with Gasteiger partial charge in [0, 0.05) is 18.9 Å². The molecule has 0 bridgehead atoms. The molecule has 2 aromatic carbocycles. The van der Waals surface area contributed by atoms with Crippen LogP contribution in [0.1, 0.15) is 23.6 Å². The van der Waals surface area contributed by atoms with E-state index in [1.807, 2.05) is 47.3 Å². The Balaban J connectivity index is 1.48. The van der Waals surface area contributed by atoms with E-state index in [1.165, 1.54) is 0 Å². The Kier molecular flexibility index (Phi) is 5.85. The van der Waals surface area contributed by atoms with Gasteiger partial charge in [-0.05, 0) is 48.4 Å². The number of nitriles is 1. The Hall–Kier alpha value is -3.59. The first-order valence-electron chi connectivity index (χ1n) is 8.64. The zero-order valence-electron chi connectivity index (χ0n) is 15.0. The Bertz CT molecular complexity index is 910. The molecule has 1 heterocycles. The summed E-state index contributed by atoms with van der Waals surface area (Å²) in [6.45, 7) is 2.85. The fraction of sp³-hybridized carbons (Fsp3) is 0.190. The molecule has 27 heavy (non-hydrogen) atoms. The number of carbonyl (C=O) groups is 1. The summed E-state index contributed by atoms with van der Waals surface area (Å²) < 4.78 is 7.47. The number of aromatic nitrogens is 2. The molecule has 0 saturated carbocycles. The second kappa shape index (κ2) is 8.68. The van der Waals surface area contributed by atoms with Gasteiger partial charge in [-0.2, -0.15) is 10.4 Å². The largest absolute Gasteiger partial charge is 0.481 e. The predicted molar refractivity (Wildman–Crippen MR) is 101 cm³/mol. The van der Waals surface area contributed by atoms with E-state index in [4.69, 9.17) is 10.00 Å². The minimum Gasteiger partial charge on any atom is -0.481 e. The van der Waals surface area contributed by atoms with Gasteiger partial charge < -0.3 is 10.1 Å². The van der Waals surface area contributed by atoms with Crippen LogP contribution in [0.5, 0.6) is 5.75 Å². The van der Waals surface area contributed by atoms with Gasteiger partial charge >= 0.3 is 0 Å². The molecular formula is C21H20N4O2. The highest BCUT2D eigenvalue weighted by molar-refractivity contribution is 5.80. The number of hydrogen-bond acceptors (Lipinski definition) is 4. The van der Waals surface area contributed by atoms with E-state index >= 15 is 0 Å². The van der Waals surface area contributed by atoms with Gasteiger partial charge in [0.2, 0.25) is 0 Å². The summed E-state index contributed by atoms with van der Waals surface area (Å²) in [7, 11) is 0. The van der Waals surface area contributed by atoms with Gasteiger partial charge in [0.05, 0.1) is 18.2 Å². The van der Waals surface area contributed by atoms with E-state index in [-0.39, 0.29) is 5.91 Å². The molecule has 0 saturated heterocycles. The topological polar surface area (TPSA) is 79.9 Å². The summed E-state index contributed by atoms with van der Waals surface area (Å²) >= 11 is 0. The zero-order valence-corrected chi connectivity index (χ0v) is 15.0. The number of nitrogens with one attached hydrogen (secondary N) is 1. The van der Waals surface area contributed by atoms with Gasteiger partial charge in [-0.3, -0.25) is 9.48 Å². The molecule has 136 valence electrons. The second-order valence-corrected chi connectivity index (χ2v) is 6.13. The van der Waals surface area contributed by atoms with Crippen molar-refractivity contribution in [3.8, 4) is 11.8 Å². The van der Waals surface area contributed by atoms with E-state index in [0.717, 1.165) is 17.7 Å². The number of hydrogen-bond donors (Lipinski definition) is 1. The summed E-state index contributed by atoms with van der Waals surface area (Å²) in [5, 5.41) is 15.9. The molecule has 1 atom stereocenters. The summed E-state index contributed by atoms with van der Waals surface area (Å²) in [6, 6.07) is 18.7. The number of nitrogens with zero attached hydrogens (tertiary/aromatic N) is 3. The summed E-state index contributed by atoms with van der Waals surface area (Å²) in [5.74, 6) is 0.361. The highest BCUT2D eigenvalue weighted by Crippen LogP contribution is 2.13. The lowest BCUT2D eigenvalue weighted by Gasteiger charge is -2.15. The number of ether oxygens (including phenoxy) is 1. The summed E-state index contributed by atoms with van der Waals surface area (Å²) in [6.07, 6.45) is 3.05. The van der Waals surface area contributed by atoms with Crippen LogP contribution in [-0.2, 0) is 17.9 Å². The minimum atomic E-state index is -0.628. The van der Waals surface area contributed by atoms with E-state index < -0.39 is 6.10 Å². The van der Waals surface area contributed by atoms with Crippen molar-refractivity contribution in [3.05, 3.63) is 83.7 Å². The lowest BCUT2D eigenvalue weighted by Crippen LogP contribution is -2.35. The maximum atomic E-state index is 12.2. The maximum absolute atomic E-state index is 12.2. The predicted octanol–water partition coefficient (Wildman–Crippen LogP) is 2.89. The van der Waals surface area contributed by atoms with Crippen molar-refractivity contribution in [3.63, 3.8) is 0 Å². The Morgan fingerprint density at radius 1 is 1.19 bits per heavy atom. The fourth-order valence-corrected chi connectivity index (χ4v) is 2.54. The smallest absolute Gasteiger partial charge is 0.261 e. The average molecular weight is 360 g/mol. The highest BCUT2D eigenvalue weighted by atomic mass is 16.5. The normalized spacial score (nSPS) is 11.4. The van der Waals surface area contributed by atoms with E-state index in [0.29, 0.717) is 17.9 Å². The molecule has 6 nitrogen and oxygen atoms in total. The molecule has 0 fully saturated rings. The van der Waals surface area contributed by atoms with Crippen molar-refractivity contribution in [2.24, 2.45) is 0 Å². The third kappa shape index (κ3) is 5.19. The third-order valence-electron chi connectivity index (χ3n) is 4.06. The molecule has 0 aliphatic rings. The zero-order chi connectivity index (χ0) is 19.1.